The molecule has 0 amide bonds. The summed E-state index contributed by atoms with van der Waals surface area (Å²) in [6.45, 7) is 9.57. The molecule has 0 radical (unpaired) electrons. The Hall–Kier alpha value is -1.80. The molecule has 0 fully saturated rings. The number of nitrogens with one attached hydrogen (secondary N) is 1. The first-order chi connectivity index (χ1) is 10.0. The van der Waals surface area contributed by atoms with E-state index in [0.717, 1.165) is 18.0 Å². The normalized spacial score (nSPS) is 11.1. The minimum Gasteiger partial charge on any atom is -0.457 e. The van der Waals surface area contributed by atoms with Crippen LogP contribution in [0.3, 0.4) is 0 Å². The van der Waals surface area contributed by atoms with Crippen LogP contribution in [0.25, 0.3) is 0 Å². The summed E-state index contributed by atoms with van der Waals surface area (Å²) in [5, 5.41) is 3.41. The van der Waals surface area contributed by atoms with Crippen LogP contribution in [0.5, 0.6) is 11.5 Å². The SMILES string of the molecule is CC(C)NCc1ccc(Oc2cccc(C(C)C)c2)cc1. The van der Waals surface area contributed by atoms with Crippen LogP contribution in [0.15, 0.2) is 48.5 Å². The minimum atomic E-state index is 0.500. The Balaban J connectivity index is 2.01. The molecule has 0 aromatic heterocycles. The lowest BCUT2D eigenvalue weighted by Crippen LogP contribution is -2.21. The number of hydrogen-bond donors (Lipinski definition) is 1. The maximum atomic E-state index is 5.93. The van der Waals surface area contributed by atoms with Crippen molar-refractivity contribution in [1.29, 1.82) is 0 Å². The maximum Gasteiger partial charge on any atom is 0.127 e. The van der Waals surface area contributed by atoms with Crippen molar-refractivity contribution in [2.75, 3.05) is 0 Å². The summed E-state index contributed by atoms with van der Waals surface area (Å²) in [4.78, 5) is 0. The lowest BCUT2D eigenvalue weighted by molar-refractivity contribution is 0.481. The third kappa shape index (κ3) is 4.91. The van der Waals surface area contributed by atoms with Crippen molar-refractivity contribution in [2.45, 2.75) is 46.2 Å². The highest BCUT2D eigenvalue weighted by Gasteiger charge is 2.03. The molecule has 0 bridgehead atoms. The standard InChI is InChI=1S/C19H25NO/c1-14(2)17-6-5-7-19(12-17)21-18-10-8-16(9-11-18)13-20-15(3)4/h5-12,14-15,20H,13H2,1-4H3. The number of hydrogen-bond acceptors (Lipinski definition) is 2. The first kappa shape index (κ1) is 15.6. The molecule has 0 aliphatic rings. The molecular formula is C19H25NO. The van der Waals surface area contributed by atoms with Crippen LogP contribution in [0.4, 0.5) is 0 Å². The molecule has 0 unspecified atom stereocenters. The van der Waals surface area contributed by atoms with E-state index in [1.165, 1.54) is 11.1 Å². The van der Waals surface area contributed by atoms with E-state index in [4.69, 9.17) is 4.74 Å². The van der Waals surface area contributed by atoms with Gasteiger partial charge in [0.2, 0.25) is 0 Å². The number of rotatable bonds is 6. The molecule has 2 aromatic rings. The van der Waals surface area contributed by atoms with Gasteiger partial charge < -0.3 is 10.1 Å². The first-order valence-electron chi connectivity index (χ1n) is 7.64. The van der Waals surface area contributed by atoms with Gasteiger partial charge in [0.15, 0.2) is 0 Å². The lowest BCUT2D eigenvalue weighted by atomic mass is 10.0. The second-order valence-electron chi connectivity index (χ2n) is 6.01. The Bertz CT molecular complexity index is 558. The highest BCUT2D eigenvalue weighted by molar-refractivity contribution is 5.36. The van der Waals surface area contributed by atoms with Gasteiger partial charge in [-0.2, -0.15) is 0 Å². The summed E-state index contributed by atoms with van der Waals surface area (Å²) >= 11 is 0. The summed E-state index contributed by atoms with van der Waals surface area (Å²) in [7, 11) is 0. The summed E-state index contributed by atoms with van der Waals surface area (Å²) in [5.74, 6) is 2.29. The predicted octanol–water partition coefficient (Wildman–Crippen LogP) is 5.10. The highest BCUT2D eigenvalue weighted by Crippen LogP contribution is 2.25. The molecule has 0 saturated heterocycles. The van der Waals surface area contributed by atoms with Gasteiger partial charge in [0.1, 0.15) is 11.5 Å². The Morgan fingerprint density at radius 3 is 2.24 bits per heavy atom. The molecule has 2 heteroatoms. The molecular weight excluding hydrogens is 258 g/mol. The molecule has 0 heterocycles. The average molecular weight is 283 g/mol. The molecule has 0 aliphatic heterocycles. The number of benzene rings is 2. The van der Waals surface area contributed by atoms with Gasteiger partial charge in [-0.25, -0.2) is 0 Å². The van der Waals surface area contributed by atoms with Crippen LogP contribution in [0.1, 0.15) is 44.7 Å². The van der Waals surface area contributed by atoms with Gasteiger partial charge in [0, 0.05) is 12.6 Å². The van der Waals surface area contributed by atoms with Crippen molar-refractivity contribution >= 4 is 0 Å². The predicted molar refractivity (Wildman–Crippen MR) is 89.0 cm³/mol. The summed E-state index contributed by atoms with van der Waals surface area (Å²) in [6.07, 6.45) is 0. The highest BCUT2D eigenvalue weighted by atomic mass is 16.5. The fourth-order valence-corrected chi connectivity index (χ4v) is 2.07. The molecule has 0 atom stereocenters. The molecule has 0 spiro atoms. The van der Waals surface area contributed by atoms with Gasteiger partial charge in [0.25, 0.3) is 0 Å². The average Bonchev–Trinajstić information content (AvgIpc) is 2.47. The fraction of sp³-hybridized carbons (Fsp3) is 0.368. The van der Waals surface area contributed by atoms with Gasteiger partial charge in [-0.15, -0.1) is 0 Å². The van der Waals surface area contributed by atoms with E-state index in [9.17, 15) is 0 Å². The third-order valence-electron chi connectivity index (χ3n) is 3.40. The largest absolute Gasteiger partial charge is 0.457 e. The molecule has 2 nitrogen and oxygen atoms in total. The van der Waals surface area contributed by atoms with E-state index in [1.807, 2.05) is 24.3 Å². The van der Waals surface area contributed by atoms with Gasteiger partial charge in [-0.1, -0.05) is 52.0 Å². The van der Waals surface area contributed by atoms with E-state index in [0.29, 0.717) is 12.0 Å². The molecule has 112 valence electrons. The molecule has 0 aliphatic carbocycles. The van der Waals surface area contributed by atoms with Crippen molar-refractivity contribution in [1.82, 2.24) is 5.32 Å². The van der Waals surface area contributed by atoms with Gasteiger partial charge >= 0.3 is 0 Å². The van der Waals surface area contributed by atoms with E-state index < -0.39 is 0 Å². The number of ether oxygens (including phenoxy) is 1. The first-order valence-corrected chi connectivity index (χ1v) is 7.64. The van der Waals surface area contributed by atoms with Crippen LogP contribution in [-0.4, -0.2) is 6.04 Å². The zero-order chi connectivity index (χ0) is 15.2. The van der Waals surface area contributed by atoms with Crippen LogP contribution < -0.4 is 10.1 Å². The lowest BCUT2D eigenvalue weighted by Gasteiger charge is -2.11. The monoisotopic (exact) mass is 283 g/mol. The molecule has 2 aromatic carbocycles. The Labute approximate surface area is 128 Å². The molecule has 0 saturated carbocycles. The van der Waals surface area contributed by atoms with Crippen molar-refractivity contribution < 1.29 is 4.74 Å². The van der Waals surface area contributed by atoms with E-state index in [1.54, 1.807) is 0 Å². The van der Waals surface area contributed by atoms with Crippen LogP contribution in [-0.2, 0) is 6.54 Å². The van der Waals surface area contributed by atoms with E-state index in [2.05, 4.69) is 57.3 Å². The summed E-state index contributed by atoms with van der Waals surface area (Å²) in [5.41, 5.74) is 2.57. The van der Waals surface area contributed by atoms with Gasteiger partial charge in [0.05, 0.1) is 0 Å². The molecule has 1 N–H and O–H groups in total. The summed E-state index contributed by atoms with van der Waals surface area (Å²) in [6, 6.07) is 17.1. The Kier molecular flexibility index (Phi) is 5.40. The molecule has 2 rings (SSSR count). The second kappa shape index (κ2) is 7.28. The van der Waals surface area contributed by atoms with E-state index in [-0.39, 0.29) is 0 Å². The van der Waals surface area contributed by atoms with Crippen LogP contribution in [0.2, 0.25) is 0 Å². The Morgan fingerprint density at radius 1 is 0.905 bits per heavy atom. The third-order valence-corrected chi connectivity index (χ3v) is 3.40. The van der Waals surface area contributed by atoms with Gasteiger partial charge in [-0.05, 0) is 41.3 Å². The smallest absolute Gasteiger partial charge is 0.127 e. The zero-order valence-corrected chi connectivity index (χ0v) is 13.4. The van der Waals surface area contributed by atoms with Crippen molar-refractivity contribution in [2.24, 2.45) is 0 Å². The quantitative estimate of drug-likeness (QED) is 0.796. The molecule has 21 heavy (non-hydrogen) atoms. The van der Waals surface area contributed by atoms with Crippen molar-refractivity contribution in [3.8, 4) is 11.5 Å². The topological polar surface area (TPSA) is 21.3 Å². The fourth-order valence-electron chi connectivity index (χ4n) is 2.07. The van der Waals surface area contributed by atoms with Crippen LogP contribution >= 0.6 is 0 Å². The zero-order valence-electron chi connectivity index (χ0n) is 13.4. The maximum absolute atomic E-state index is 5.93. The second-order valence-corrected chi connectivity index (χ2v) is 6.01. The Morgan fingerprint density at radius 2 is 1.62 bits per heavy atom. The summed E-state index contributed by atoms with van der Waals surface area (Å²) < 4.78 is 5.93. The van der Waals surface area contributed by atoms with E-state index >= 15 is 0 Å². The minimum absolute atomic E-state index is 0.500. The van der Waals surface area contributed by atoms with Crippen molar-refractivity contribution in [3.63, 3.8) is 0 Å². The van der Waals surface area contributed by atoms with Gasteiger partial charge in [-0.3, -0.25) is 0 Å². The van der Waals surface area contributed by atoms with Crippen LogP contribution in [0, 0.1) is 0 Å². The van der Waals surface area contributed by atoms with Crippen molar-refractivity contribution in [3.05, 3.63) is 59.7 Å².